The third kappa shape index (κ3) is 1.94. The van der Waals surface area contributed by atoms with E-state index in [1.54, 1.807) is 0 Å². The van der Waals surface area contributed by atoms with E-state index < -0.39 is 0 Å². The zero-order chi connectivity index (χ0) is 7.56. The molecule has 1 radical (unpaired) electrons. The van der Waals surface area contributed by atoms with Crippen LogP contribution in [0.4, 0.5) is 0 Å². The molecule has 0 aliphatic carbocycles. The fourth-order valence-electron chi connectivity index (χ4n) is 1.13. The van der Waals surface area contributed by atoms with Crippen molar-refractivity contribution >= 4 is 0 Å². The van der Waals surface area contributed by atoms with Gasteiger partial charge in [-0.05, 0) is 21.1 Å². The van der Waals surface area contributed by atoms with E-state index in [0.29, 0.717) is 6.17 Å². The average Bonchev–Trinajstić information content (AvgIpc) is 1.88. The molecule has 1 unspecified atom stereocenters. The summed E-state index contributed by atoms with van der Waals surface area (Å²) in [4.78, 5) is 4.48. The molecule has 1 aliphatic rings. The van der Waals surface area contributed by atoms with Crippen LogP contribution in [0.2, 0.25) is 0 Å². The van der Waals surface area contributed by atoms with Crippen LogP contribution in [0.5, 0.6) is 0 Å². The van der Waals surface area contributed by atoms with Crippen LogP contribution in [-0.4, -0.2) is 56.7 Å². The summed E-state index contributed by atoms with van der Waals surface area (Å²) >= 11 is 0. The summed E-state index contributed by atoms with van der Waals surface area (Å²) in [5, 5.41) is 4.46. The minimum atomic E-state index is 0.416. The Balaban J connectivity index is 2.32. The molecule has 0 spiro atoms. The normalized spacial score (nSPS) is 29.4. The third-order valence-corrected chi connectivity index (χ3v) is 1.89. The molecule has 0 aromatic carbocycles. The molecule has 1 aliphatic heterocycles. The van der Waals surface area contributed by atoms with Gasteiger partial charge in [0.15, 0.2) is 0 Å². The van der Waals surface area contributed by atoms with Crippen LogP contribution in [0, 0.1) is 0 Å². The number of hydrogen-bond donors (Lipinski definition) is 0. The van der Waals surface area contributed by atoms with Gasteiger partial charge in [0.2, 0.25) is 0 Å². The van der Waals surface area contributed by atoms with Crippen LogP contribution < -0.4 is 5.32 Å². The van der Waals surface area contributed by atoms with Crippen molar-refractivity contribution in [3.05, 3.63) is 0 Å². The van der Waals surface area contributed by atoms with Crippen molar-refractivity contribution in [3.8, 4) is 0 Å². The molecule has 3 heteroatoms. The highest BCUT2D eigenvalue weighted by molar-refractivity contribution is 4.73. The Labute approximate surface area is 63.0 Å². The van der Waals surface area contributed by atoms with Crippen LogP contribution in [0.3, 0.4) is 0 Å². The molecule has 10 heavy (non-hydrogen) atoms. The van der Waals surface area contributed by atoms with Crippen molar-refractivity contribution in [2.75, 3.05) is 40.8 Å². The average molecular weight is 142 g/mol. The monoisotopic (exact) mass is 142 g/mol. The maximum absolute atomic E-state index is 4.46. The minimum absolute atomic E-state index is 0.416. The second kappa shape index (κ2) is 3.32. The van der Waals surface area contributed by atoms with E-state index in [-0.39, 0.29) is 0 Å². The lowest BCUT2D eigenvalue weighted by Gasteiger charge is -2.33. The largest absolute Gasteiger partial charge is 0.302 e. The lowest BCUT2D eigenvalue weighted by atomic mass is 10.3. The van der Waals surface area contributed by atoms with Gasteiger partial charge >= 0.3 is 0 Å². The lowest BCUT2D eigenvalue weighted by Crippen LogP contribution is -2.51. The molecule has 0 bridgehead atoms. The predicted octanol–water partition coefficient (Wildman–Crippen LogP) is -0.576. The first-order valence-electron chi connectivity index (χ1n) is 3.71. The summed E-state index contributed by atoms with van der Waals surface area (Å²) < 4.78 is 0. The van der Waals surface area contributed by atoms with Gasteiger partial charge < -0.3 is 4.90 Å². The van der Waals surface area contributed by atoms with Gasteiger partial charge in [0.1, 0.15) is 0 Å². The molecule has 1 atom stereocenters. The minimum Gasteiger partial charge on any atom is -0.302 e. The van der Waals surface area contributed by atoms with Gasteiger partial charge in [0, 0.05) is 19.6 Å². The molecule has 0 aromatic rings. The van der Waals surface area contributed by atoms with Crippen LogP contribution in [0.1, 0.15) is 0 Å². The van der Waals surface area contributed by atoms with E-state index in [4.69, 9.17) is 0 Å². The summed E-state index contributed by atoms with van der Waals surface area (Å²) in [7, 11) is 6.30. The van der Waals surface area contributed by atoms with Crippen LogP contribution in [-0.2, 0) is 0 Å². The smallest absolute Gasteiger partial charge is 0.0885 e. The Bertz CT molecular complexity index is 103. The fourth-order valence-corrected chi connectivity index (χ4v) is 1.13. The predicted molar refractivity (Wildman–Crippen MR) is 42.0 cm³/mol. The van der Waals surface area contributed by atoms with E-state index in [1.165, 1.54) is 0 Å². The first-order valence-corrected chi connectivity index (χ1v) is 3.71. The molecular weight excluding hydrogens is 126 g/mol. The quantitative estimate of drug-likeness (QED) is 0.488. The Morgan fingerprint density at radius 2 is 2.20 bits per heavy atom. The second-order valence-electron chi connectivity index (χ2n) is 3.11. The highest BCUT2D eigenvalue weighted by Crippen LogP contribution is 1.98. The Morgan fingerprint density at radius 3 is 2.60 bits per heavy atom. The highest BCUT2D eigenvalue weighted by atomic mass is 15.3. The van der Waals surface area contributed by atoms with Gasteiger partial charge in [-0.1, -0.05) is 0 Å². The molecule has 59 valence electrons. The Kier molecular flexibility index (Phi) is 2.65. The maximum atomic E-state index is 4.46. The van der Waals surface area contributed by atoms with E-state index in [1.807, 2.05) is 0 Å². The Hall–Kier alpha value is -0.120. The van der Waals surface area contributed by atoms with Gasteiger partial charge in [-0.2, -0.15) is 0 Å². The van der Waals surface area contributed by atoms with Crippen molar-refractivity contribution < 1.29 is 0 Å². The van der Waals surface area contributed by atoms with E-state index in [0.717, 1.165) is 19.6 Å². The Morgan fingerprint density at radius 1 is 1.50 bits per heavy atom. The summed E-state index contributed by atoms with van der Waals surface area (Å²) in [6.07, 6.45) is 0.416. The van der Waals surface area contributed by atoms with Gasteiger partial charge in [-0.3, -0.25) is 4.90 Å². The summed E-state index contributed by atoms with van der Waals surface area (Å²) in [5.41, 5.74) is 0. The van der Waals surface area contributed by atoms with Crippen molar-refractivity contribution in [1.82, 2.24) is 15.1 Å². The zero-order valence-corrected chi connectivity index (χ0v) is 7.04. The number of nitrogens with zero attached hydrogens (tertiary/aromatic N) is 3. The first kappa shape index (κ1) is 7.98. The van der Waals surface area contributed by atoms with Gasteiger partial charge in [0.25, 0.3) is 0 Å². The summed E-state index contributed by atoms with van der Waals surface area (Å²) in [5.74, 6) is 0. The van der Waals surface area contributed by atoms with E-state index in [2.05, 4.69) is 36.3 Å². The molecular formula is C7H16N3. The van der Waals surface area contributed by atoms with Crippen LogP contribution in [0.15, 0.2) is 0 Å². The summed E-state index contributed by atoms with van der Waals surface area (Å²) in [6.45, 7) is 3.18. The van der Waals surface area contributed by atoms with Gasteiger partial charge in [0.05, 0.1) is 6.17 Å². The van der Waals surface area contributed by atoms with Crippen molar-refractivity contribution in [3.63, 3.8) is 0 Å². The first-order chi connectivity index (χ1) is 4.70. The van der Waals surface area contributed by atoms with E-state index in [9.17, 15) is 0 Å². The second-order valence-corrected chi connectivity index (χ2v) is 3.11. The molecule has 0 amide bonds. The fraction of sp³-hybridized carbons (Fsp3) is 1.00. The van der Waals surface area contributed by atoms with Gasteiger partial charge in [-0.15, -0.1) is 0 Å². The van der Waals surface area contributed by atoms with Crippen molar-refractivity contribution in [2.45, 2.75) is 6.17 Å². The lowest BCUT2D eigenvalue weighted by molar-refractivity contribution is 0.135. The number of rotatable bonds is 1. The third-order valence-electron chi connectivity index (χ3n) is 1.89. The molecule has 1 rings (SSSR count). The summed E-state index contributed by atoms with van der Waals surface area (Å²) in [6, 6.07) is 0. The molecule has 1 fully saturated rings. The maximum Gasteiger partial charge on any atom is 0.0885 e. The van der Waals surface area contributed by atoms with Gasteiger partial charge in [-0.25, -0.2) is 5.32 Å². The molecule has 3 nitrogen and oxygen atoms in total. The molecule has 1 heterocycles. The molecule has 0 saturated carbocycles. The van der Waals surface area contributed by atoms with Crippen LogP contribution >= 0.6 is 0 Å². The van der Waals surface area contributed by atoms with Crippen molar-refractivity contribution in [2.24, 2.45) is 0 Å². The van der Waals surface area contributed by atoms with Crippen molar-refractivity contribution in [1.29, 1.82) is 0 Å². The SMILES string of the molecule is CN1CC[N]C(N(C)C)C1. The molecule has 0 N–H and O–H groups in total. The van der Waals surface area contributed by atoms with E-state index >= 15 is 0 Å². The van der Waals surface area contributed by atoms with Crippen LogP contribution in [0.25, 0.3) is 0 Å². The topological polar surface area (TPSA) is 20.6 Å². The molecule has 1 saturated heterocycles. The highest BCUT2D eigenvalue weighted by Gasteiger charge is 2.18. The molecule has 0 aromatic heterocycles. The zero-order valence-electron chi connectivity index (χ0n) is 7.04. The number of hydrogen-bond acceptors (Lipinski definition) is 2. The number of piperazine rings is 1. The number of likely N-dealkylation sites (N-methyl/N-ethyl adjacent to an activating group) is 2. The standard InChI is InChI=1S/C7H16N3/c1-9(2)7-6-10(3)5-4-8-7/h7H,4-6H2,1-3H3.